The van der Waals surface area contributed by atoms with Crippen molar-refractivity contribution in [3.8, 4) is 17.5 Å². The van der Waals surface area contributed by atoms with Crippen LogP contribution in [0, 0.1) is 11.3 Å². The number of halogens is 2. The Labute approximate surface area is 196 Å². The van der Waals surface area contributed by atoms with E-state index in [1.807, 2.05) is 6.07 Å². The van der Waals surface area contributed by atoms with Gasteiger partial charge < -0.3 is 5.32 Å². The molecule has 2 fully saturated rings. The Bertz CT molecular complexity index is 990. The Kier molecular flexibility index (Phi) is 7.10. The predicted octanol–water partition coefficient (Wildman–Crippen LogP) is 5.80. The minimum atomic E-state index is -0.712. The molecule has 1 amide bonds. The van der Waals surface area contributed by atoms with E-state index >= 15 is 0 Å². The maximum absolute atomic E-state index is 12.6. The molecule has 2 aliphatic rings. The molecule has 1 aromatic carbocycles. The van der Waals surface area contributed by atoms with E-state index in [1.54, 1.807) is 12.1 Å². The van der Waals surface area contributed by atoms with Crippen LogP contribution in [-0.2, 0) is 4.79 Å². The van der Waals surface area contributed by atoms with Gasteiger partial charge in [-0.15, -0.1) is 10.2 Å². The molecule has 0 spiro atoms. The van der Waals surface area contributed by atoms with Gasteiger partial charge in [0.15, 0.2) is 11.0 Å². The SMILES string of the molecule is N#CC1(NC(=O)CSc2nnc(-c3ccc(Cl)cc3Cl)n2C2CCCCC2)CCCC1. The lowest BCUT2D eigenvalue weighted by molar-refractivity contribution is -0.119. The summed E-state index contributed by atoms with van der Waals surface area (Å²) in [7, 11) is 0. The smallest absolute Gasteiger partial charge is 0.231 e. The summed E-state index contributed by atoms with van der Waals surface area (Å²) < 4.78 is 2.14. The fourth-order valence-corrected chi connectivity index (χ4v) is 5.87. The molecule has 2 saturated carbocycles. The van der Waals surface area contributed by atoms with Crippen molar-refractivity contribution in [2.24, 2.45) is 0 Å². The zero-order valence-corrected chi connectivity index (χ0v) is 19.6. The zero-order chi connectivity index (χ0) is 21.8. The average molecular weight is 478 g/mol. The summed E-state index contributed by atoms with van der Waals surface area (Å²) in [6.07, 6.45) is 9.04. The Morgan fingerprint density at radius 2 is 1.94 bits per heavy atom. The van der Waals surface area contributed by atoms with Crippen LogP contribution in [0.25, 0.3) is 11.4 Å². The summed E-state index contributed by atoms with van der Waals surface area (Å²) in [4.78, 5) is 12.6. The van der Waals surface area contributed by atoms with Crippen molar-refractivity contribution < 1.29 is 4.79 Å². The fourth-order valence-electron chi connectivity index (χ4n) is 4.57. The van der Waals surface area contributed by atoms with E-state index in [0.29, 0.717) is 21.0 Å². The van der Waals surface area contributed by atoms with Gasteiger partial charge in [-0.1, -0.05) is 54.2 Å². The van der Waals surface area contributed by atoms with Crippen LogP contribution in [0.5, 0.6) is 0 Å². The first-order chi connectivity index (χ1) is 15.0. The Balaban J connectivity index is 1.56. The maximum Gasteiger partial charge on any atom is 0.231 e. The average Bonchev–Trinajstić information content (AvgIpc) is 3.40. The maximum atomic E-state index is 12.6. The summed E-state index contributed by atoms with van der Waals surface area (Å²) in [6.45, 7) is 0. The molecule has 1 heterocycles. The predicted molar refractivity (Wildman–Crippen MR) is 123 cm³/mol. The molecule has 0 bridgehead atoms. The van der Waals surface area contributed by atoms with E-state index in [0.717, 1.165) is 56.9 Å². The van der Waals surface area contributed by atoms with Gasteiger partial charge in [-0.2, -0.15) is 5.26 Å². The van der Waals surface area contributed by atoms with E-state index in [1.165, 1.54) is 18.2 Å². The van der Waals surface area contributed by atoms with Crippen molar-refractivity contribution in [1.82, 2.24) is 20.1 Å². The van der Waals surface area contributed by atoms with Gasteiger partial charge in [0, 0.05) is 16.6 Å². The van der Waals surface area contributed by atoms with E-state index in [9.17, 15) is 10.1 Å². The molecule has 164 valence electrons. The number of carbonyl (C=O) groups is 1. The Morgan fingerprint density at radius 3 is 2.61 bits per heavy atom. The number of thioether (sulfide) groups is 1. The lowest BCUT2D eigenvalue weighted by atomic mass is 9.95. The largest absolute Gasteiger partial charge is 0.337 e. The molecule has 0 radical (unpaired) electrons. The normalized spacial score (nSPS) is 18.6. The molecule has 2 aromatic rings. The van der Waals surface area contributed by atoms with Crippen molar-refractivity contribution in [3.05, 3.63) is 28.2 Å². The van der Waals surface area contributed by atoms with E-state index < -0.39 is 5.54 Å². The zero-order valence-electron chi connectivity index (χ0n) is 17.2. The summed E-state index contributed by atoms with van der Waals surface area (Å²) in [5, 5.41) is 23.1. The number of hydrogen-bond acceptors (Lipinski definition) is 5. The van der Waals surface area contributed by atoms with Crippen LogP contribution in [0.3, 0.4) is 0 Å². The third-order valence-corrected chi connectivity index (χ3v) is 7.65. The molecule has 4 rings (SSSR count). The van der Waals surface area contributed by atoms with Crippen molar-refractivity contribution in [1.29, 1.82) is 5.26 Å². The summed E-state index contributed by atoms with van der Waals surface area (Å²) in [5.41, 5.74) is 0.0753. The molecule has 6 nitrogen and oxygen atoms in total. The van der Waals surface area contributed by atoms with Gasteiger partial charge in [0.25, 0.3) is 0 Å². The third-order valence-electron chi connectivity index (χ3n) is 6.16. The minimum Gasteiger partial charge on any atom is -0.337 e. The molecule has 9 heteroatoms. The molecule has 0 atom stereocenters. The molecule has 0 unspecified atom stereocenters. The number of hydrogen-bond donors (Lipinski definition) is 1. The van der Waals surface area contributed by atoms with Crippen LogP contribution in [0.1, 0.15) is 63.8 Å². The van der Waals surface area contributed by atoms with Gasteiger partial charge in [0.1, 0.15) is 5.54 Å². The number of nitriles is 1. The minimum absolute atomic E-state index is 0.141. The van der Waals surface area contributed by atoms with Gasteiger partial charge in [-0.3, -0.25) is 9.36 Å². The first kappa shape index (κ1) is 22.4. The monoisotopic (exact) mass is 477 g/mol. The van der Waals surface area contributed by atoms with Crippen LogP contribution in [0.2, 0.25) is 10.0 Å². The van der Waals surface area contributed by atoms with Crippen molar-refractivity contribution in [2.75, 3.05) is 5.75 Å². The summed E-state index contributed by atoms with van der Waals surface area (Å²) in [5.74, 6) is 0.765. The molecule has 2 aliphatic carbocycles. The summed E-state index contributed by atoms with van der Waals surface area (Å²) in [6, 6.07) is 7.95. The quantitative estimate of drug-likeness (QED) is 0.531. The van der Waals surface area contributed by atoms with Gasteiger partial charge in [-0.05, 0) is 56.7 Å². The Hall–Kier alpha value is -1.75. The van der Waals surface area contributed by atoms with Crippen molar-refractivity contribution >= 4 is 40.9 Å². The number of benzene rings is 1. The number of carbonyl (C=O) groups excluding carboxylic acids is 1. The van der Waals surface area contributed by atoms with Gasteiger partial charge >= 0.3 is 0 Å². The first-order valence-electron chi connectivity index (χ1n) is 10.8. The number of nitrogens with one attached hydrogen (secondary N) is 1. The second kappa shape index (κ2) is 9.81. The lowest BCUT2D eigenvalue weighted by Gasteiger charge is -2.26. The highest BCUT2D eigenvalue weighted by molar-refractivity contribution is 7.99. The van der Waals surface area contributed by atoms with Crippen LogP contribution >= 0.6 is 35.0 Å². The number of aromatic nitrogens is 3. The highest BCUT2D eigenvalue weighted by atomic mass is 35.5. The van der Waals surface area contributed by atoms with Crippen LogP contribution < -0.4 is 5.32 Å². The second-order valence-electron chi connectivity index (χ2n) is 8.33. The fraction of sp³-hybridized carbons (Fsp3) is 0.545. The first-order valence-corrected chi connectivity index (χ1v) is 12.5. The lowest BCUT2D eigenvalue weighted by Crippen LogP contribution is -2.45. The summed E-state index contributed by atoms with van der Waals surface area (Å²) >= 11 is 13.9. The van der Waals surface area contributed by atoms with E-state index in [2.05, 4.69) is 26.2 Å². The highest BCUT2D eigenvalue weighted by Crippen LogP contribution is 2.38. The number of nitrogens with zero attached hydrogens (tertiary/aromatic N) is 4. The van der Waals surface area contributed by atoms with E-state index in [-0.39, 0.29) is 17.7 Å². The topological polar surface area (TPSA) is 83.6 Å². The highest BCUT2D eigenvalue weighted by Gasteiger charge is 2.35. The van der Waals surface area contributed by atoms with Gasteiger partial charge in [0.05, 0.1) is 16.8 Å². The van der Waals surface area contributed by atoms with Crippen molar-refractivity contribution in [2.45, 2.75) is 74.5 Å². The van der Waals surface area contributed by atoms with Crippen LogP contribution in [-0.4, -0.2) is 32.0 Å². The van der Waals surface area contributed by atoms with Crippen LogP contribution in [0.15, 0.2) is 23.4 Å². The molecule has 1 N–H and O–H groups in total. The molecule has 0 saturated heterocycles. The van der Waals surface area contributed by atoms with Crippen LogP contribution in [0.4, 0.5) is 0 Å². The van der Waals surface area contributed by atoms with Gasteiger partial charge in [-0.25, -0.2) is 0 Å². The number of rotatable bonds is 6. The molecule has 0 aliphatic heterocycles. The second-order valence-corrected chi connectivity index (χ2v) is 10.1. The molecule has 31 heavy (non-hydrogen) atoms. The molecular weight excluding hydrogens is 453 g/mol. The Morgan fingerprint density at radius 1 is 1.19 bits per heavy atom. The third kappa shape index (κ3) is 5.02. The molecule has 1 aromatic heterocycles. The van der Waals surface area contributed by atoms with Gasteiger partial charge in [0.2, 0.25) is 5.91 Å². The van der Waals surface area contributed by atoms with E-state index in [4.69, 9.17) is 23.2 Å². The molecular formula is C22H25Cl2N5OS. The number of amides is 1. The van der Waals surface area contributed by atoms with Crippen molar-refractivity contribution in [3.63, 3.8) is 0 Å². The standard InChI is InChI=1S/C22H25Cl2N5OS/c23-15-8-9-17(18(24)12-15)20-27-28-21(29(20)16-6-2-1-3-7-16)31-13-19(30)26-22(14-25)10-4-5-11-22/h8-9,12,16H,1-7,10-11,13H2,(H,26,30).